The summed E-state index contributed by atoms with van der Waals surface area (Å²) in [6, 6.07) is 17.0. The van der Waals surface area contributed by atoms with Crippen molar-refractivity contribution in [1.29, 1.82) is 0 Å². The SMILES string of the molecule is CN1Cc2cc(-c3c[nH]c(C4CCCN4)c3)ccc2-c2ccc(-c3cnc(C4CCCN4)[nH]3)cc2C1. The van der Waals surface area contributed by atoms with E-state index in [9.17, 15) is 0 Å². The van der Waals surface area contributed by atoms with Gasteiger partial charge in [-0.05, 0) is 103 Å². The summed E-state index contributed by atoms with van der Waals surface area (Å²) in [6.07, 6.45) is 9.00. The molecule has 0 radical (unpaired) electrons. The van der Waals surface area contributed by atoms with E-state index in [2.05, 4.69) is 86.2 Å². The van der Waals surface area contributed by atoms with Gasteiger partial charge in [0.1, 0.15) is 5.82 Å². The zero-order valence-corrected chi connectivity index (χ0v) is 20.9. The first-order valence-corrected chi connectivity index (χ1v) is 13.4. The average Bonchev–Trinajstić information content (AvgIpc) is 3.69. The zero-order chi connectivity index (χ0) is 24.1. The van der Waals surface area contributed by atoms with Gasteiger partial charge >= 0.3 is 0 Å². The molecule has 0 bridgehead atoms. The van der Waals surface area contributed by atoms with E-state index in [1.54, 1.807) is 0 Å². The normalized spacial score (nSPS) is 21.9. The molecular weight excluding hydrogens is 444 g/mol. The van der Waals surface area contributed by atoms with Crippen molar-refractivity contribution < 1.29 is 0 Å². The smallest absolute Gasteiger partial charge is 0.123 e. The third-order valence-electron chi connectivity index (χ3n) is 8.15. The quantitative estimate of drug-likeness (QED) is 0.311. The molecule has 36 heavy (non-hydrogen) atoms. The Morgan fingerprint density at radius 3 is 2.22 bits per heavy atom. The minimum absolute atomic E-state index is 0.359. The van der Waals surface area contributed by atoms with Crippen molar-refractivity contribution in [2.24, 2.45) is 0 Å². The number of imidazole rings is 1. The van der Waals surface area contributed by atoms with Crippen LogP contribution in [0.2, 0.25) is 0 Å². The number of benzene rings is 2. The van der Waals surface area contributed by atoms with Crippen LogP contribution in [0.1, 0.15) is 60.4 Å². The van der Waals surface area contributed by atoms with Gasteiger partial charge in [0.25, 0.3) is 0 Å². The molecule has 3 aliphatic rings. The number of nitrogens with zero attached hydrogens (tertiary/aromatic N) is 2. The van der Waals surface area contributed by atoms with Crippen LogP contribution in [0.25, 0.3) is 33.5 Å². The summed E-state index contributed by atoms with van der Waals surface area (Å²) in [6.45, 7) is 4.07. The highest BCUT2D eigenvalue weighted by Crippen LogP contribution is 2.37. The van der Waals surface area contributed by atoms with Crippen molar-refractivity contribution in [3.8, 4) is 33.5 Å². The molecule has 6 nitrogen and oxygen atoms in total. The van der Waals surface area contributed by atoms with Gasteiger partial charge in [0, 0.05) is 31.0 Å². The Bertz CT molecular complexity index is 1280. The lowest BCUT2D eigenvalue weighted by atomic mass is 9.92. The fraction of sp³-hybridized carbons (Fsp3) is 0.367. The average molecular weight is 479 g/mol. The lowest BCUT2D eigenvalue weighted by Gasteiger charge is -2.15. The van der Waals surface area contributed by atoms with Gasteiger partial charge in [0.2, 0.25) is 0 Å². The first kappa shape index (κ1) is 22.0. The predicted octanol–water partition coefficient (Wildman–Crippen LogP) is 5.53. The molecule has 6 heteroatoms. The lowest BCUT2D eigenvalue weighted by molar-refractivity contribution is 0.323. The maximum Gasteiger partial charge on any atom is 0.123 e. The van der Waals surface area contributed by atoms with Crippen LogP contribution < -0.4 is 10.6 Å². The standard InChI is InChI=1S/C30H34N6/c1-36-17-22-12-19(21-14-28(33-15-21)26-4-2-10-31-26)6-8-24(22)25-9-7-20(13-23(25)18-36)29-16-34-30(35-29)27-5-3-11-32-27/h6-9,12-16,26-27,31-33H,2-5,10-11,17-18H2,1H3,(H,34,35). The summed E-state index contributed by atoms with van der Waals surface area (Å²) in [7, 11) is 2.22. The van der Waals surface area contributed by atoms with E-state index < -0.39 is 0 Å². The molecule has 2 aromatic heterocycles. The van der Waals surface area contributed by atoms with Crippen molar-refractivity contribution in [3.63, 3.8) is 0 Å². The number of hydrogen-bond donors (Lipinski definition) is 4. The fourth-order valence-electron chi connectivity index (χ4n) is 6.27. The molecule has 2 aromatic carbocycles. The van der Waals surface area contributed by atoms with Gasteiger partial charge in [0.15, 0.2) is 0 Å². The lowest BCUT2D eigenvalue weighted by Crippen LogP contribution is -2.15. The monoisotopic (exact) mass is 478 g/mol. The summed E-state index contributed by atoms with van der Waals surface area (Å²) >= 11 is 0. The summed E-state index contributed by atoms with van der Waals surface area (Å²) < 4.78 is 0. The number of aromatic nitrogens is 3. The van der Waals surface area contributed by atoms with Crippen LogP contribution in [0.5, 0.6) is 0 Å². The fourth-order valence-corrected chi connectivity index (χ4v) is 6.27. The first-order valence-electron chi connectivity index (χ1n) is 13.4. The molecule has 4 N–H and O–H groups in total. The van der Waals surface area contributed by atoms with E-state index in [1.165, 1.54) is 63.9 Å². The van der Waals surface area contributed by atoms with Gasteiger partial charge < -0.3 is 20.6 Å². The van der Waals surface area contributed by atoms with E-state index in [4.69, 9.17) is 0 Å². The molecule has 2 fully saturated rings. The van der Waals surface area contributed by atoms with E-state index in [0.29, 0.717) is 12.1 Å². The predicted molar refractivity (Wildman–Crippen MR) is 144 cm³/mol. The van der Waals surface area contributed by atoms with E-state index >= 15 is 0 Å². The second-order valence-electron chi connectivity index (χ2n) is 10.7. The number of aromatic amines is 2. The van der Waals surface area contributed by atoms with Gasteiger partial charge in [-0.25, -0.2) is 4.98 Å². The molecule has 2 atom stereocenters. The maximum absolute atomic E-state index is 4.69. The van der Waals surface area contributed by atoms with Crippen LogP contribution in [-0.2, 0) is 13.1 Å². The minimum atomic E-state index is 0.359. The minimum Gasteiger partial charge on any atom is -0.363 e. The van der Waals surface area contributed by atoms with Gasteiger partial charge in [-0.15, -0.1) is 0 Å². The highest BCUT2D eigenvalue weighted by atomic mass is 15.1. The number of nitrogens with one attached hydrogen (secondary N) is 4. The highest BCUT2D eigenvalue weighted by molar-refractivity contribution is 5.78. The first-order chi connectivity index (χ1) is 17.7. The molecule has 0 aliphatic carbocycles. The van der Waals surface area contributed by atoms with Crippen molar-refractivity contribution in [1.82, 2.24) is 30.5 Å². The molecule has 0 amide bonds. The van der Waals surface area contributed by atoms with Crippen molar-refractivity contribution in [2.75, 3.05) is 20.1 Å². The Kier molecular flexibility index (Phi) is 5.53. The molecule has 5 heterocycles. The van der Waals surface area contributed by atoms with Gasteiger partial charge in [0.05, 0.1) is 17.9 Å². The Morgan fingerprint density at radius 2 is 1.50 bits per heavy atom. The summed E-state index contributed by atoms with van der Waals surface area (Å²) in [4.78, 5) is 14.2. The van der Waals surface area contributed by atoms with Gasteiger partial charge in [-0.2, -0.15) is 0 Å². The number of fused-ring (bicyclic) bond motifs is 3. The number of hydrogen-bond acceptors (Lipinski definition) is 4. The van der Waals surface area contributed by atoms with Crippen molar-refractivity contribution in [3.05, 3.63) is 77.5 Å². The van der Waals surface area contributed by atoms with Gasteiger partial charge in [-0.1, -0.05) is 24.3 Å². The molecular formula is C30H34N6. The third-order valence-corrected chi connectivity index (χ3v) is 8.15. The zero-order valence-electron chi connectivity index (χ0n) is 20.9. The van der Waals surface area contributed by atoms with E-state index in [1.807, 2.05) is 6.20 Å². The molecule has 3 aliphatic heterocycles. The Morgan fingerprint density at radius 1 is 0.806 bits per heavy atom. The van der Waals surface area contributed by atoms with E-state index in [-0.39, 0.29) is 0 Å². The molecule has 0 saturated carbocycles. The van der Waals surface area contributed by atoms with Crippen LogP contribution in [0.15, 0.2) is 54.9 Å². The molecule has 7 rings (SSSR count). The Hall–Kier alpha value is -3.19. The van der Waals surface area contributed by atoms with E-state index in [0.717, 1.165) is 44.1 Å². The molecule has 184 valence electrons. The molecule has 4 aromatic rings. The second kappa shape index (κ2) is 9.04. The van der Waals surface area contributed by atoms with Crippen LogP contribution in [0, 0.1) is 0 Å². The van der Waals surface area contributed by atoms with Gasteiger partial charge in [-0.3, -0.25) is 4.90 Å². The largest absolute Gasteiger partial charge is 0.363 e. The second-order valence-corrected chi connectivity index (χ2v) is 10.7. The molecule has 2 unspecified atom stereocenters. The summed E-state index contributed by atoms with van der Waals surface area (Å²) in [5.74, 6) is 1.06. The van der Waals surface area contributed by atoms with Crippen LogP contribution in [0.3, 0.4) is 0 Å². The maximum atomic E-state index is 4.69. The number of H-pyrrole nitrogens is 2. The Balaban J connectivity index is 1.20. The summed E-state index contributed by atoms with van der Waals surface area (Å²) in [5.41, 5.74) is 11.6. The topological polar surface area (TPSA) is 71.8 Å². The van der Waals surface area contributed by atoms with Crippen LogP contribution >= 0.6 is 0 Å². The summed E-state index contributed by atoms with van der Waals surface area (Å²) in [5, 5.41) is 7.14. The number of rotatable bonds is 4. The molecule has 2 saturated heterocycles. The third kappa shape index (κ3) is 3.99. The molecule has 0 spiro atoms. The highest BCUT2D eigenvalue weighted by Gasteiger charge is 2.22. The van der Waals surface area contributed by atoms with Crippen molar-refractivity contribution in [2.45, 2.75) is 50.9 Å². The van der Waals surface area contributed by atoms with Crippen LogP contribution in [-0.4, -0.2) is 40.0 Å². The van der Waals surface area contributed by atoms with Crippen LogP contribution in [0.4, 0.5) is 0 Å². The van der Waals surface area contributed by atoms with Crippen molar-refractivity contribution >= 4 is 0 Å². The Labute approximate surface area is 212 Å².